The Morgan fingerprint density at radius 2 is 1.42 bits per heavy atom. The van der Waals surface area contributed by atoms with Crippen molar-refractivity contribution >= 4 is 5.97 Å². The Bertz CT molecular complexity index is 268. The first-order chi connectivity index (χ1) is 11.7. The topological polar surface area (TPSA) is 108 Å². The van der Waals surface area contributed by atoms with E-state index >= 15 is 0 Å². The monoisotopic (exact) mass is 349 g/mol. The summed E-state index contributed by atoms with van der Waals surface area (Å²) in [5.41, 5.74) is 2.07. The van der Waals surface area contributed by atoms with E-state index in [0.717, 1.165) is 12.8 Å². The smallest absolute Gasteiger partial charge is 0.327 e. The second-order valence-electron chi connectivity index (χ2n) is 5.23. The summed E-state index contributed by atoms with van der Waals surface area (Å²) in [4.78, 5) is 19.1. The molecule has 7 nitrogen and oxygen atoms in total. The second kappa shape index (κ2) is 24.3. The summed E-state index contributed by atoms with van der Waals surface area (Å²) in [6.07, 6.45) is 14.3. The highest BCUT2D eigenvalue weighted by atomic mass is 16.9. The van der Waals surface area contributed by atoms with Crippen LogP contribution >= 0.6 is 0 Å². The lowest BCUT2D eigenvalue weighted by Crippen LogP contribution is -2.19. The van der Waals surface area contributed by atoms with Gasteiger partial charge in [-0.2, -0.15) is 0 Å². The first-order valence-corrected chi connectivity index (χ1v) is 8.78. The Balaban J connectivity index is 0. The summed E-state index contributed by atoms with van der Waals surface area (Å²) in [6.45, 7) is 2.45. The van der Waals surface area contributed by atoms with E-state index < -0.39 is 5.97 Å². The maximum atomic E-state index is 10.1. The van der Waals surface area contributed by atoms with Crippen molar-refractivity contribution in [2.75, 3.05) is 26.4 Å². The van der Waals surface area contributed by atoms with Crippen molar-refractivity contribution in [3.8, 4) is 0 Å². The van der Waals surface area contributed by atoms with Crippen LogP contribution in [0.1, 0.15) is 64.7 Å². The van der Waals surface area contributed by atoms with Crippen molar-refractivity contribution in [3.63, 3.8) is 0 Å². The molecular formula is C17H35NO6. The first kappa shape index (κ1) is 25.3. The van der Waals surface area contributed by atoms with Gasteiger partial charge in [0.1, 0.15) is 0 Å². The standard InChI is InChI=1S/C13H24O2.C4H11NO4/c1-2-3-4-5-6-7-8-9-10-11-12-13(14)15;6-1-3-8-5-9-4-2-7/h11-12H,2-10H2,1H3,(H,14,15);5-7H,1-4H2. The van der Waals surface area contributed by atoms with Gasteiger partial charge in [-0.05, 0) is 12.8 Å². The van der Waals surface area contributed by atoms with E-state index in [4.69, 9.17) is 15.3 Å². The van der Waals surface area contributed by atoms with Gasteiger partial charge in [-0.15, -0.1) is 0 Å². The summed E-state index contributed by atoms with van der Waals surface area (Å²) in [6, 6.07) is 0. The second-order valence-corrected chi connectivity index (χ2v) is 5.23. The normalized spacial score (nSPS) is 10.6. The Morgan fingerprint density at radius 3 is 1.88 bits per heavy atom. The first-order valence-electron chi connectivity index (χ1n) is 8.78. The van der Waals surface area contributed by atoms with Crippen LogP contribution in [0.25, 0.3) is 0 Å². The average Bonchev–Trinajstić information content (AvgIpc) is 2.57. The molecule has 0 saturated heterocycles. The number of aliphatic carboxylic acids is 1. The van der Waals surface area contributed by atoms with Crippen LogP contribution in [0.4, 0.5) is 0 Å². The number of nitrogens with one attached hydrogen (secondary N) is 1. The molecule has 0 radical (unpaired) electrons. The van der Waals surface area contributed by atoms with Crippen LogP contribution in [0.15, 0.2) is 12.2 Å². The number of rotatable bonds is 16. The molecular weight excluding hydrogens is 314 g/mol. The zero-order chi connectivity index (χ0) is 18.3. The van der Waals surface area contributed by atoms with Crippen LogP contribution in [0.3, 0.4) is 0 Å². The van der Waals surface area contributed by atoms with Crippen molar-refractivity contribution in [2.45, 2.75) is 64.7 Å². The molecule has 0 unspecified atom stereocenters. The van der Waals surface area contributed by atoms with E-state index in [1.165, 1.54) is 51.0 Å². The quantitative estimate of drug-likeness (QED) is 0.193. The van der Waals surface area contributed by atoms with Crippen molar-refractivity contribution in [1.82, 2.24) is 5.64 Å². The van der Waals surface area contributed by atoms with Crippen molar-refractivity contribution in [1.29, 1.82) is 0 Å². The van der Waals surface area contributed by atoms with Crippen LogP contribution in [0, 0.1) is 0 Å². The number of aliphatic hydroxyl groups excluding tert-OH is 2. The Hall–Kier alpha value is -0.990. The minimum atomic E-state index is -0.838. The molecule has 0 heterocycles. The lowest BCUT2D eigenvalue weighted by atomic mass is 10.1. The van der Waals surface area contributed by atoms with Gasteiger partial charge >= 0.3 is 5.97 Å². The number of allylic oxidation sites excluding steroid dienone is 1. The molecule has 0 amide bonds. The zero-order valence-electron chi connectivity index (χ0n) is 14.9. The van der Waals surface area contributed by atoms with Crippen LogP contribution in [0.5, 0.6) is 0 Å². The third-order valence-electron chi connectivity index (χ3n) is 2.99. The van der Waals surface area contributed by atoms with Crippen LogP contribution < -0.4 is 5.64 Å². The minimum absolute atomic E-state index is 0.0600. The third kappa shape index (κ3) is 29.1. The van der Waals surface area contributed by atoms with E-state index in [0.29, 0.717) is 0 Å². The fourth-order valence-electron chi connectivity index (χ4n) is 1.80. The van der Waals surface area contributed by atoms with Crippen molar-refractivity contribution < 1.29 is 29.8 Å². The van der Waals surface area contributed by atoms with Gasteiger partial charge in [-0.25, -0.2) is 4.79 Å². The molecule has 24 heavy (non-hydrogen) atoms. The lowest BCUT2D eigenvalue weighted by Gasteiger charge is -2.01. The van der Waals surface area contributed by atoms with Gasteiger partial charge in [0.25, 0.3) is 0 Å². The summed E-state index contributed by atoms with van der Waals surface area (Å²) in [5.74, 6) is -0.838. The number of aliphatic hydroxyl groups is 2. The molecule has 0 fully saturated rings. The number of carboxylic acid groups (broad SMARTS) is 1. The number of carboxylic acids is 1. The molecule has 0 aromatic carbocycles. The number of carbonyl (C=O) groups is 1. The number of hydrogen-bond donors (Lipinski definition) is 4. The largest absolute Gasteiger partial charge is 0.478 e. The van der Waals surface area contributed by atoms with Gasteiger partial charge in [0.05, 0.1) is 26.4 Å². The summed E-state index contributed by atoms with van der Waals surface area (Å²) < 4.78 is 0. The molecule has 0 saturated carbocycles. The van der Waals surface area contributed by atoms with E-state index in [9.17, 15) is 4.79 Å². The summed E-state index contributed by atoms with van der Waals surface area (Å²) in [5, 5.41) is 24.7. The average molecular weight is 349 g/mol. The predicted molar refractivity (Wildman–Crippen MR) is 93.2 cm³/mol. The van der Waals surface area contributed by atoms with E-state index in [1.807, 2.05) is 0 Å². The molecule has 0 atom stereocenters. The maximum Gasteiger partial charge on any atom is 0.327 e. The predicted octanol–water partition coefficient (Wildman–Crippen LogP) is 2.58. The molecule has 0 rings (SSSR count). The van der Waals surface area contributed by atoms with E-state index in [2.05, 4.69) is 22.2 Å². The Labute approximate surface area is 145 Å². The van der Waals surface area contributed by atoms with Gasteiger partial charge in [0, 0.05) is 6.08 Å². The third-order valence-corrected chi connectivity index (χ3v) is 2.99. The summed E-state index contributed by atoms with van der Waals surface area (Å²) in [7, 11) is 0. The highest BCUT2D eigenvalue weighted by Gasteiger charge is 1.91. The minimum Gasteiger partial charge on any atom is -0.478 e. The van der Waals surface area contributed by atoms with Crippen LogP contribution in [0.2, 0.25) is 0 Å². The molecule has 7 heteroatoms. The molecule has 0 spiro atoms. The highest BCUT2D eigenvalue weighted by molar-refractivity contribution is 5.79. The molecule has 0 aliphatic heterocycles. The highest BCUT2D eigenvalue weighted by Crippen LogP contribution is 2.09. The van der Waals surface area contributed by atoms with Gasteiger partial charge in [0.15, 0.2) is 0 Å². The van der Waals surface area contributed by atoms with Crippen LogP contribution in [-0.2, 0) is 14.5 Å². The fourth-order valence-corrected chi connectivity index (χ4v) is 1.80. The maximum absolute atomic E-state index is 10.1. The molecule has 0 aromatic rings. The molecule has 0 bridgehead atoms. The number of unbranched alkanes of at least 4 members (excludes halogenated alkanes) is 8. The number of hydrogen-bond acceptors (Lipinski definition) is 6. The van der Waals surface area contributed by atoms with Crippen LogP contribution in [-0.4, -0.2) is 47.7 Å². The Morgan fingerprint density at radius 1 is 0.917 bits per heavy atom. The summed E-state index contributed by atoms with van der Waals surface area (Å²) >= 11 is 0. The fraction of sp³-hybridized carbons (Fsp3) is 0.824. The van der Waals surface area contributed by atoms with Gasteiger partial charge in [-0.3, -0.25) is 9.68 Å². The van der Waals surface area contributed by atoms with Crippen molar-refractivity contribution in [3.05, 3.63) is 12.2 Å². The molecule has 144 valence electrons. The van der Waals surface area contributed by atoms with Crippen molar-refractivity contribution in [2.24, 2.45) is 0 Å². The molecule has 0 aromatic heterocycles. The molecule has 4 N–H and O–H groups in total. The van der Waals surface area contributed by atoms with Gasteiger partial charge < -0.3 is 15.3 Å². The zero-order valence-corrected chi connectivity index (χ0v) is 14.9. The van der Waals surface area contributed by atoms with E-state index in [1.54, 1.807) is 6.08 Å². The van der Waals surface area contributed by atoms with Gasteiger partial charge in [-0.1, -0.05) is 63.6 Å². The SMILES string of the molecule is CCCCCCCCCCC=CC(=O)O.OCCONOCCO. The Kier molecular flexibility index (Phi) is 25.5. The van der Waals surface area contributed by atoms with E-state index in [-0.39, 0.29) is 26.4 Å². The molecule has 0 aliphatic rings. The lowest BCUT2D eigenvalue weighted by molar-refractivity contribution is -0.178. The molecule has 0 aliphatic carbocycles. The van der Waals surface area contributed by atoms with Gasteiger partial charge in [0.2, 0.25) is 0 Å².